The lowest BCUT2D eigenvalue weighted by atomic mass is 10.0. The van der Waals surface area contributed by atoms with Crippen LogP contribution in [0.15, 0.2) is 42.5 Å². The van der Waals surface area contributed by atoms with E-state index in [9.17, 15) is 9.18 Å². The van der Waals surface area contributed by atoms with E-state index in [2.05, 4.69) is 0 Å². The molecule has 1 saturated heterocycles. The zero-order valence-electron chi connectivity index (χ0n) is 12.2. The van der Waals surface area contributed by atoms with E-state index in [1.54, 1.807) is 36.4 Å². The molecular formula is C17H14FN3O2. The standard InChI is InChI=1S/C17H14FN3O2/c18-16-7-13(21-10-14(9-20)23-17(21)22)4-5-15(16)12-3-1-2-11(6-12)8-19/h1-7,14H,9-10,20H2. The van der Waals surface area contributed by atoms with Gasteiger partial charge < -0.3 is 10.5 Å². The number of hydrogen-bond donors (Lipinski definition) is 1. The topological polar surface area (TPSA) is 79.3 Å². The summed E-state index contributed by atoms with van der Waals surface area (Å²) in [5.74, 6) is -0.471. The second-order valence-electron chi connectivity index (χ2n) is 5.21. The first-order valence-corrected chi connectivity index (χ1v) is 7.10. The Morgan fingerprint density at radius 1 is 1.35 bits per heavy atom. The molecule has 1 fully saturated rings. The zero-order chi connectivity index (χ0) is 16.4. The number of nitrogens with two attached hydrogens (primary N) is 1. The summed E-state index contributed by atoms with van der Waals surface area (Å²) < 4.78 is 19.5. The predicted molar refractivity (Wildman–Crippen MR) is 83.2 cm³/mol. The molecular weight excluding hydrogens is 297 g/mol. The van der Waals surface area contributed by atoms with E-state index in [1.807, 2.05) is 6.07 Å². The van der Waals surface area contributed by atoms with Crippen molar-refractivity contribution in [3.8, 4) is 17.2 Å². The summed E-state index contributed by atoms with van der Waals surface area (Å²) in [6.07, 6.45) is -0.906. The maximum Gasteiger partial charge on any atom is 0.414 e. The fourth-order valence-electron chi connectivity index (χ4n) is 2.52. The number of carbonyl (C=O) groups excluding carboxylic acids is 1. The number of benzene rings is 2. The van der Waals surface area contributed by atoms with Gasteiger partial charge in [0, 0.05) is 12.1 Å². The molecule has 1 aliphatic heterocycles. The van der Waals surface area contributed by atoms with Crippen LogP contribution in [0.4, 0.5) is 14.9 Å². The molecule has 6 heteroatoms. The van der Waals surface area contributed by atoms with Crippen molar-refractivity contribution < 1.29 is 13.9 Å². The van der Waals surface area contributed by atoms with Gasteiger partial charge in [0.05, 0.1) is 23.9 Å². The van der Waals surface area contributed by atoms with Crippen LogP contribution >= 0.6 is 0 Å². The third-order valence-corrected chi connectivity index (χ3v) is 3.70. The summed E-state index contributed by atoms with van der Waals surface area (Å²) >= 11 is 0. The van der Waals surface area contributed by atoms with Crippen LogP contribution in [0, 0.1) is 17.1 Å². The fourth-order valence-corrected chi connectivity index (χ4v) is 2.52. The molecule has 1 unspecified atom stereocenters. The monoisotopic (exact) mass is 311 g/mol. The minimum absolute atomic E-state index is 0.226. The van der Waals surface area contributed by atoms with Crippen LogP contribution in [0.3, 0.4) is 0 Å². The highest BCUT2D eigenvalue weighted by atomic mass is 19.1. The van der Waals surface area contributed by atoms with Crippen molar-refractivity contribution in [1.29, 1.82) is 5.26 Å². The van der Waals surface area contributed by atoms with Gasteiger partial charge in [-0.1, -0.05) is 12.1 Å². The number of ether oxygens (including phenoxy) is 1. The van der Waals surface area contributed by atoms with Gasteiger partial charge in [-0.05, 0) is 35.9 Å². The average Bonchev–Trinajstić information content (AvgIpc) is 2.96. The average molecular weight is 311 g/mol. The predicted octanol–water partition coefficient (Wildman–Crippen LogP) is 2.65. The Labute approximate surface area is 132 Å². The maximum absolute atomic E-state index is 14.4. The maximum atomic E-state index is 14.4. The Kier molecular flexibility index (Phi) is 3.96. The Bertz CT molecular complexity index is 801. The SMILES string of the molecule is N#Cc1cccc(-c2ccc(N3CC(CN)OC3=O)cc2F)c1. The van der Waals surface area contributed by atoms with Crippen molar-refractivity contribution in [3.05, 3.63) is 53.8 Å². The molecule has 0 bridgehead atoms. The number of carbonyl (C=O) groups is 1. The fraction of sp³-hybridized carbons (Fsp3) is 0.176. The van der Waals surface area contributed by atoms with Crippen LogP contribution in [0.25, 0.3) is 11.1 Å². The van der Waals surface area contributed by atoms with Crippen LogP contribution in [0.1, 0.15) is 5.56 Å². The number of anilines is 1. The van der Waals surface area contributed by atoms with Crippen LogP contribution in [0.2, 0.25) is 0 Å². The Hall–Kier alpha value is -2.91. The third-order valence-electron chi connectivity index (χ3n) is 3.70. The van der Waals surface area contributed by atoms with E-state index in [0.717, 1.165) is 0 Å². The van der Waals surface area contributed by atoms with Gasteiger partial charge in [0.25, 0.3) is 0 Å². The molecule has 1 heterocycles. The molecule has 5 nitrogen and oxygen atoms in total. The van der Waals surface area contributed by atoms with Gasteiger partial charge in [-0.25, -0.2) is 9.18 Å². The molecule has 2 aromatic carbocycles. The van der Waals surface area contributed by atoms with Crippen LogP contribution < -0.4 is 10.6 Å². The van der Waals surface area contributed by atoms with Gasteiger partial charge in [-0.3, -0.25) is 4.90 Å². The van der Waals surface area contributed by atoms with Crippen LogP contribution in [-0.2, 0) is 4.74 Å². The molecule has 0 aromatic heterocycles. The van der Waals surface area contributed by atoms with Crippen molar-refractivity contribution >= 4 is 11.8 Å². The molecule has 0 saturated carbocycles. The summed E-state index contributed by atoms with van der Waals surface area (Å²) in [5.41, 5.74) is 7.35. The summed E-state index contributed by atoms with van der Waals surface area (Å²) in [5, 5.41) is 8.93. The first-order chi connectivity index (χ1) is 11.1. The lowest BCUT2D eigenvalue weighted by Gasteiger charge is -2.14. The number of amides is 1. The number of nitriles is 1. The van der Waals surface area contributed by atoms with Crippen molar-refractivity contribution in [2.75, 3.05) is 18.0 Å². The second kappa shape index (κ2) is 6.07. The van der Waals surface area contributed by atoms with E-state index >= 15 is 0 Å². The number of hydrogen-bond acceptors (Lipinski definition) is 4. The van der Waals surface area contributed by atoms with E-state index in [4.69, 9.17) is 15.7 Å². The number of rotatable bonds is 3. The van der Waals surface area contributed by atoms with Crippen molar-refractivity contribution in [2.45, 2.75) is 6.10 Å². The molecule has 1 atom stereocenters. The van der Waals surface area contributed by atoms with E-state index < -0.39 is 11.9 Å². The zero-order valence-corrected chi connectivity index (χ0v) is 12.2. The third kappa shape index (κ3) is 2.87. The van der Waals surface area contributed by atoms with Crippen LogP contribution in [-0.4, -0.2) is 25.3 Å². The lowest BCUT2D eigenvalue weighted by molar-refractivity contribution is 0.145. The minimum atomic E-state index is -0.529. The molecule has 0 radical (unpaired) electrons. The summed E-state index contributed by atoms with van der Waals surface area (Å²) in [4.78, 5) is 13.1. The van der Waals surface area contributed by atoms with Gasteiger partial charge in [-0.2, -0.15) is 5.26 Å². The number of halogens is 1. The molecule has 1 amide bonds. The highest BCUT2D eigenvalue weighted by Crippen LogP contribution is 2.29. The molecule has 116 valence electrons. The molecule has 2 N–H and O–H groups in total. The largest absolute Gasteiger partial charge is 0.443 e. The molecule has 0 spiro atoms. The number of nitrogens with zero attached hydrogens (tertiary/aromatic N) is 2. The minimum Gasteiger partial charge on any atom is -0.443 e. The first-order valence-electron chi connectivity index (χ1n) is 7.10. The normalized spacial score (nSPS) is 17.0. The summed E-state index contributed by atoms with van der Waals surface area (Å²) in [7, 11) is 0. The molecule has 0 aliphatic carbocycles. The first kappa shape index (κ1) is 15.0. The molecule has 2 aromatic rings. The van der Waals surface area contributed by atoms with E-state index in [0.29, 0.717) is 28.9 Å². The van der Waals surface area contributed by atoms with Gasteiger partial charge in [0.15, 0.2) is 0 Å². The van der Waals surface area contributed by atoms with E-state index in [1.165, 1.54) is 11.0 Å². The number of cyclic esters (lactones) is 1. The Morgan fingerprint density at radius 3 is 2.83 bits per heavy atom. The van der Waals surface area contributed by atoms with Gasteiger partial charge in [-0.15, -0.1) is 0 Å². The van der Waals surface area contributed by atoms with Crippen molar-refractivity contribution in [1.82, 2.24) is 0 Å². The van der Waals surface area contributed by atoms with Gasteiger partial charge >= 0.3 is 6.09 Å². The molecule has 1 aliphatic rings. The lowest BCUT2D eigenvalue weighted by Crippen LogP contribution is -2.27. The van der Waals surface area contributed by atoms with Crippen molar-refractivity contribution in [2.24, 2.45) is 5.73 Å². The highest BCUT2D eigenvalue weighted by Gasteiger charge is 2.31. The van der Waals surface area contributed by atoms with Crippen molar-refractivity contribution in [3.63, 3.8) is 0 Å². The summed E-state index contributed by atoms with van der Waals surface area (Å²) in [6.45, 7) is 0.530. The highest BCUT2D eigenvalue weighted by molar-refractivity contribution is 5.90. The quantitative estimate of drug-likeness (QED) is 0.945. The summed E-state index contributed by atoms with van der Waals surface area (Å²) in [6, 6.07) is 13.3. The van der Waals surface area contributed by atoms with Gasteiger partial charge in [0.1, 0.15) is 11.9 Å². The van der Waals surface area contributed by atoms with Gasteiger partial charge in [0.2, 0.25) is 0 Å². The Morgan fingerprint density at radius 2 is 2.17 bits per heavy atom. The smallest absolute Gasteiger partial charge is 0.414 e. The van der Waals surface area contributed by atoms with E-state index in [-0.39, 0.29) is 12.6 Å². The second-order valence-corrected chi connectivity index (χ2v) is 5.21. The Balaban J connectivity index is 1.92. The molecule has 23 heavy (non-hydrogen) atoms. The molecule has 3 rings (SSSR count). The van der Waals surface area contributed by atoms with Crippen LogP contribution in [0.5, 0.6) is 0 Å².